The van der Waals surface area contributed by atoms with Gasteiger partial charge in [-0.1, -0.05) is 15.9 Å². The third kappa shape index (κ3) is 2.76. The van der Waals surface area contributed by atoms with Crippen molar-refractivity contribution in [2.75, 3.05) is 14.2 Å². The lowest BCUT2D eigenvalue weighted by molar-refractivity contribution is 0.351. The Balaban J connectivity index is 2.44. The average Bonchev–Trinajstić information content (AvgIpc) is 2.84. The Bertz CT molecular complexity index is 580. The molecule has 0 aliphatic carbocycles. The summed E-state index contributed by atoms with van der Waals surface area (Å²) < 4.78 is 29.6. The standard InChI is InChI=1S/C14H14BrFO3/c1-8-4-9(7-19-8)14(15)10-5-12(17-2)13(18-3)6-11(10)16/h4-7,14H,1-3H3. The molecule has 0 saturated heterocycles. The molecule has 1 aromatic carbocycles. The van der Waals surface area contributed by atoms with E-state index in [1.54, 1.807) is 12.3 Å². The predicted octanol–water partition coefficient (Wildman–Crippen LogP) is 4.23. The van der Waals surface area contributed by atoms with Crippen molar-refractivity contribution in [3.05, 3.63) is 47.2 Å². The lowest BCUT2D eigenvalue weighted by Crippen LogP contribution is -1.99. The molecular formula is C14H14BrFO3. The summed E-state index contributed by atoms with van der Waals surface area (Å²) >= 11 is 3.47. The van der Waals surface area contributed by atoms with Crippen LogP contribution in [0.5, 0.6) is 11.5 Å². The number of rotatable bonds is 4. The molecule has 3 nitrogen and oxygen atoms in total. The Morgan fingerprint density at radius 1 is 1.16 bits per heavy atom. The van der Waals surface area contributed by atoms with Crippen LogP contribution in [0, 0.1) is 12.7 Å². The molecule has 0 radical (unpaired) electrons. The average molecular weight is 329 g/mol. The van der Waals surface area contributed by atoms with Crippen LogP contribution in [0.1, 0.15) is 21.7 Å². The Labute approximate surface area is 119 Å². The second kappa shape index (κ2) is 5.65. The van der Waals surface area contributed by atoms with Crippen LogP contribution in [0.3, 0.4) is 0 Å². The monoisotopic (exact) mass is 328 g/mol. The molecule has 2 rings (SSSR count). The quantitative estimate of drug-likeness (QED) is 0.787. The van der Waals surface area contributed by atoms with Gasteiger partial charge in [-0.2, -0.15) is 0 Å². The molecule has 19 heavy (non-hydrogen) atoms. The van der Waals surface area contributed by atoms with Gasteiger partial charge >= 0.3 is 0 Å². The summed E-state index contributed by atoms with van der Waals surface area (Å²) in [6.45, 7) is 1.84. The van der Waals surface area contributed by atoms with Crippen molar-refractivity contribution in [1.29, 1.82) is 0 Å². The third-order valence-corrected chi connectivity index (χ3v) is 3.84. The zero-order chi connectivity index (χ0) is 14.0. The van der Waals surface area contributed by atoms with Gasteiger partial charge in [0, 0.05) is 17.2 Å². The van der Waals surface area contributed by atoms with E-state index in [0.29, 0.717) is 17.1 Å². The SMILES string of the molecule is COc1cc(F)c(C(Br)c2coc(C)c2)cc1OC. The Hall–Kier alpha value is -1.49. The van der Waals surface area contributed by atoms with Gasteiger partial charge < -0.3 is 13.9 Å². The zero-order valence-corrected chi connectivity index (χ0v) is 12.5. The largest absolute Gasteiger partial charge is 0.493 e. The van der Waals surface area contributed by atoms with Crippen LogP contribution in [0.25, 0.3) is 0 Å². The van der Waals surface area contributed by atoms with Crippen LogP contribution >= 0.6 is 15.9 Å². The van der Waals surface area contributed by atoms with Crippen LogP contribution in [0.2, 0.25) is 0 Å². The summed E-state index contributed by atoms with van der Waals surface area (Å²) in [7, 11) is 2.99. The maximum absolute atomic E-state index is 14.1. The van der Waals surface area contributed by atoms with Crippen molar-refractivity contribution in [3.8, 4) is 11.5 Å². The van der Waals surface area contributed by atoms with Crippen LogP contribution in [-0.2, 0) is 0 Å². The molecule has 1 aromatic heterocycles. The first-order valence-electron chi connectivity index (χ1n) is 5.67. The maximum Gasteiger partial charge on any atom is 0.163 e. The van der Waals surface area contributed by atoms with E-state index >= 15 is 0 Å². The fraction of sp³-hybridized carbons (Fsp3) is 0.286. The number of halogens is 2. The van der Waals surface area contributed by atoms with E-state index in [4.69, 9.17) is 13.9 Å². The summed E-state index contributed by atoms with van der Waals surface area (Å²) in [4.78, 5) is -0.301. The van der Waals surface area contributed by atoms with Crippen molar-refractivity contribution < 1.29 is 18.3 Å². The van der Waals surface area contributed by atoms with Gasteiger partial charge in [0.1, 0.15) is 11.6 Å². The molecule has 0 aliphatic heterocycles. The highest BCUT2D eigenvalue weighted by Gasteiger charge is 2.20. The highest BCUT2D eigenvalue weighted by Crippen LogP contribution is 2.38. The van der Waals surface area contributed by atoms with Crippen LogP contribution in [0.4, 0.5) is 4.39 Å². The van der Waals surface area contributed by atoms with Crippen molar-refractivity contribution in [2.24, 2.45) is 0 Å². The number of ether oxygens (including phenoxy) is 2. The molecule has 0 amide bonds. The van der Waals surface area contributed by atoms with Crippen molar-refractivity contribution >= 4 is 15.9 Å². The topological polar surface area (TPSA) is 31.6 Å². The highest BCUT2D eigenvalue weighted by molar-refractivity contribution is 9.09. The molecule has 1 heterocycles. The second-order valence-electron chi connectivity index (χ2n) is 4.08. The Morgan fingerprint density at radius 3 is 2.32 bits per heavy atom. The van der Waals surface area contributed by atoms with Crippen molar-refractivity contribution in [3.63, 3.8) is 0 Å². The third-order valence-electron chi connectivity index (χ3n) is 2.82. The molecule has 0 saturated carbocycles. The molecule has 1 unspecified atom stereocenters. The molecule has 0 fully saturated rings. The van der Waals surface area contributed by atoms with Crippen LogP contribution < -0.4 is 9.47 Å². The normalized spacial score (nSPS) is 12.3. The van der Waals surface area contributed by atoms with Gasteiger partial charge in [-0.15, -0.1) is 0 Å². The fourth-order valence-electron chi connectivity index (χ4n) is 1.84. The maximum atomic E-state index is 14.1. The van der Waals surface area contributed by atoms with E-state index in [0.717, 1.165) is 11.3 Å². The van der Waals surface area contributed by atoms with E-state index in [2.05, 4.69) is 15.9 Å². The number of hydrogen-bond donors (Lipinski definition) is 0. The summed E-state index contributed by atoms with van der Waals surface area (Å²) in [5.74, 6) is 1.27. The predicted molar refractivity (Wildman–Crippen MR) is 73.7 cm³/mol. The first kappa shape index (κ1) is 13.9. The van der Waals surface area contributed by atoms with Crippen molar-refractivity contribution in [2.45, 2.75) is 11.8 Å². The molecule has 2 aromatic rings. The first-order valence-corrected chi connectivity index (χ1v) is 6.59. The molecule has 0 aliphatic rings. The number of hydrogen-bond acceptors (Lipinski definition) is 3. The number of furan rings is 1. The number of benzene rings is 1. The van der Waals surface area contributed by atoms with Gasteiger partial charge in [-0.25, -0.2) is 4.39 Å². The summed E-state index contributed by atoms with van der Waals surface area (Å²) in [5.41, 5.74) is 1.32. The summed E-state index contributed by atoms with van der Waals surface area (Å²) in [6, 6.07) is 4.79. The first-order chi connectivity index (χ1) is 9.06. The number of methoxy groups -OCH3 is 2. The van der Waals surface area contributed by atoms with E-state index in [1.165, 1.54) is 20.3 Å². The van der Waals surface area contributed by atoms with Gasteiger partial charge in [0.2, 0.25) is 0 Å². The molecule has 102 valence electrons. The molecule has 0 spiro atoms. The Morgan fingerprint density at radius 2 is 1.79 bits per heavy atom. The molecule has 1 atom stereocenters. The van der Waals surface area contributed by atoms with E-state index < -0.39 is 0 Å². The summed E-state index contributed by atoms with van der Waals surface area (Å²) in [6.07, 6.45) is 1.60. The van der Waals surface area contributed by atoms with Gasteiger partial charge in [0.25, 0.3) is 0 Å². The summed E-state index contributed by atoms with van der Waals surface area (Å²) in [5, 5.41) is 0. The number of alkyl halides is 1. The minimum Gasteiger partial charge on any atom is -0.493 e. The minimum atomic E-state index is -0.363. The van der Waals surface area contributed by atoms with Crippen LogP contribution in [0.15, 0.2) is 28.9 Å². The van der Waals surface area contributed by atoms with E-state index in [-0.39, 0.29) is 10.6 Å². The smallest absolute Gasteiger partial charge is 0.163 e. The van der Waals surface area contributed by atoms with Gasteiger partial charge in [0.05, 0.1) is 25.3 Å². The zero-order valence-electron chi connectivity index (χ0n) is 10.9. The highest BCUT2D eigenvalue weighted by atomic mass is 79.9. The second-order valence-corrected chi connectivity index (χ2v) is 5.00. The lowest BCUT2D eigenvalue weighted by atomic mass is 10.1. The molecular weight excluding hydrogens is 315 g/mol. The van der Waals surface area contributed by atoms with Gasteiger partial charge in [-0.05, 0) is 19.1 Å². The fourth-order valence-corrected chi connectivity index (χ4v) is 2.43. The van der Waals surface area contributed by atoms with Gasteiger partial charge in [0.15, 0.2) is 11.5 Å². The molecule has 5 heteroatoms. The van der Waals surface area contributed by atoms with Crippen molar-refractivity contribution in [1.82, 2.24) is 0 Å². The lowest BCUT2D eigenvalue weighted by Gasteiger charge is -2.14. The van der Waals surface area contributed by atoms with Crippen LogP contribution in [-0.4, -0.2) is 14.2 Å². The molecule has 0 bridgehead atoms. The molecule has 0 N–H and O–H groups in total. The Kier molecular flexibility index (Phi) is 4.14. The van der Waals surface area contributed by atoms with Gasteiger partial charge in [-0.3, -0.25) is 0 Å². The van der Waals surface area contributed by atoms with E-state index in [9.17, 15) is 4.39 Å². The minimum absolute atomic E-state index is 0.301. The van der Waals surface area contributed by atoms with E-state index in [1.807, 2.05) is 13.0 Å². The number of aryl methyl sites for hydroxylation is 1.